The van der Waals surface area contributed by atoms with Crippen LogP contribution in [0.4, 0.5) is 28.9 Å². The van der Waals surface area contributed by atoms with Gasteiger partial charge in [0.25, 0.3) is 5.56 Å². The van der Waals surface area contributed by atoms with E-state index in [1.807, 2.05) is 24.3 Å². The van der Waals surface area contributed by atoms with E-state index in [9.17, 15) is 27.6 Å². The Kier molecular flexibility index (Phi) is 10.2. The fraction of sp³-hybridized carbons (Fsp3) is 0.425. The summed E-state index contributed by atoms with van der Waals surface area (Å²) in [6.07, 6.45) is 0.889. The average molecular weight is 734 g/mol. The number of aryl methyl sites for hydroxylation is 1. The second-order valence-electron chi connectivity index (χ2n) is 14.5. The molecule has 3 fully saturated rings. The number of aromatic nitrogens is 1. The Bertz CT molecular complexity index is 2080. The lowest BCUT2D eigenvalue weighted by molar-refractivity contribution is -0.137. The van der Waals surface area contributed by atoms with Crippen molar-refractivity contribution in [3.63, 3.8) is 0 Å². The van der Waals surface area contributed by atoms with Crippen molar-refractivity contribution in [3.8, 4) is 16.9 Å². The summed E-state index contributed by atoms with van der Waals surface area (Å²) in [5.74, 6) is -0.0298. The highest BCUT2D eigenvalue weighted by atomic mass is 19.4. The van der Waals surface area contributed by atoms with E-state index in [1.54, 1.807) is 30.3 Å². The van der Waals surface area contributed by atoms with Crippen LogP contribution < -0.4 is 25.8 Å². The summed E-state index contributed by atoms with van der Waals surface area (Å²) >= 11 is 0. The molecule has 13 heteroatoms. The number of imide groups is 1. The minimum Gasteiger partial charge on any atom is -0.496 e. The normalized spacial score (nSPS) is 19.4. The smallest absolute Gasteiger partial charge is 0.418 e. The van der Waals surface area contributed by atoms with E-state index in [0.29, 0.717) is 53.7 Å². The maximum Gasteiger partial charge on any atom is 0.418 e. The molecule has 2 N–H and O–H groups in total. The number of pyridine rings is 1. The van der Waals surface area contributed by atoms with Crippen LogP contribution in [0.1, 0.15) is 49.7 Å². The number of benzene rings is 3. The minimum atomic E-state index is -4.58. The van der Waals surface area contributed by atoms with Gasteiger partial charge in [-0.25, -0.2) is 4.39 Å². The highest BCUT2D eigenvalue weighted by Crippen LogP contribution is 2.42. The predicted molar refractivity (Wildman–Crippen MR) is 195 cm³/mol. The summed E-state index contributed by atoms with van der Waals surface area (Å²) in [7, 11) is 3.21. The van der Waals surface area contributed by atoms with E-state index < -0.39 is 23.7 Å². The van der Waals surface area contributed by atoms with Crippen LogP contribution in [0, 0.1) is 17.7 Å². The Labute approximate surface area is 304 Å². The largest absolute Gasteiger partial charge is 0.496 e. The zero-order valence-corrected chi connectivity index (χ0v) is 29.8. The number of carbonyl (C=O) groups excluding carboxylic acids is 2. The van der Waals surface area contributed by atoms with E-state index >= 15 is 4.39 Å². The van der Waals surface area contributed by atoms with Gasteiger partial charge in [-0.05, 0) is 104 Å². The number of nitrogens with zero attached hydrogens (tertiary/aromatic N) is 3. The number of amides is 2. The van der Waals surface area contributed by atoms with Crippen LogP contribution in [-0.2, 0) is 29.4 Å². The summed E-state index contributed by atoms with van der Waals surface area (Å²) in [4.78, 5) is 40.4. The van der Waals surface area contributed by atoms with Crippen LogP contribution >= 0.6 is 0 Å². The molecular formula is C40H43F4N5O4. The molecule has 3 saturated heterocycles. The number of ether oxygens (including phenoxy) is 1. The summed E-state index contributed by atoms with van der Waals surface area (Å²) in [5.41, 5.74) is 1.30. The van der Waals surface area contributed by atoms with Gasteiger partial charge in [0.15, 0.2) is 0 Å². The van der Waals surface area contributed by atoms with Crippen molar-refractivity contribution in [2.75, 3.05) is 43.5 Å². The molecule has 2 amide bonds. The molecule has 4 heterocycles. The van der Waals surface area contributed by atoms with Crippen LogP contribution in [0.15, 0.2) is 65.6 Å². The monoisotopic (exact) mass is 733 g/mol. The Morgan fingerprint density at radius 3 is 2.23 bits per heavy atom. The standard InChI is InChI=1S/C40H43F4N5O4/c1-47-22-30(28-5-3-4-6-29(28)39(47)52)26-19-33(41)31(36(20-26)53-2)23-48-15-11-24(12-16-48)25-13-17-49(18-14-25)35-9-7-27(21-32(35)40(42,43)44)45-34-8-10-37(50)46-38(34)51/h3-7,9,19-22,24-25,34,45H,8,10-18,23H2,1-2H3,(H,46,50,51). The van der Waals surface area contributed by atoms with Crippen LogP contribution in [0.5, 0.6) is 5.75 Å². The summed E-state index contributed by atoms with van der Waals surface area (Å²) in [6.45, 7) is 2.96. The first-order valence-electron chi connectivity index (χ1n) is 18.1. The summed E-state index contributed by atoms with van der Waals surface area (Å²) in [6, 6.07) is 14.0. The third kappa shape index (κ3) is 7.62. The number of piperidine rings is 3. The minimum absolute atomic E-state index is 0.120. The van der Waals surface area contributed by atoms with Gasteiger partial charge in [-0.15, -0.1) is 0 Å². The second-order valence-corrected chi connectivity index (χ2v) is 14.5. The zero-order valence-electron chi connectivity index (χ0n) is 29.8. The Hall–Kier alpha value is -4.91. The molecular weight excluding hydrogens is 690 g/mol. The Balaban J connectivity index is 0.970. The molecule has 3 aromatic carbocycles. The molecule has 1 atom stereocenters. The topological polar surface area (TPSA) is 95.9 Å². The summed E-state index contributed by atoms with van der Waals surface area (Å²) < 4.78 is 65.9. The van der Waals surface area contributed by atoms with Crippen LogP contribution in [0.2, 0.25) is 0 Å². The van der Waals surface area contributed by atoms with Gasteiger partial charge in [-0.1, -0.05) is 18.2 Å². The molecule has 1 unspecified atom stereocenters. The molecule has 9 nitrogen and oxygen atoms in total. The number of halogens is 4. The van der Waals surface area contributed by atoms with Crippen LogP contribution in [0.25, 0.3) is 21.9 Å². The van der Waals surface area contributed by atoms with Crippen molar-refractivity contribution in [3.05, 3.63) is 88.1 Å². The number of methoxy groups -OCH3 is 1. The number of hydrogen-bond donors (Lipinski definition) is 2. The molecule has 0 spiro atoms. The molecule has 4 aromatic rings. The van der Waals surface area contributed by atoms with Crippen LogP contribution in [0.3, 0.4) is 0 Å². The van der Waals surface area contributed by atoms with Gasteiger partial charge in [0.2, 0.25) is 11.8 Å². The van der Waals surface area contributed by atoms with Gasteiger partial charge in [0.05, 0.1) is 12.7 Å². The number of fused-ring (bicyclic) bond motifs is 1. The lowest BCUT2D eigenvalue weighted by atomic mass is 9.78. The number of hydrogen-bond acceptors (Lipinski definition) is 7. The molecule has 0 saturated carbocycles. The molecule has 53 heavy (non-hydrogen) atoms. The van der Waals surface area contributed by atoms with E-state index in [4.69, 9.17) is 4.74 Å². The average Bonchev–Trinajstić information content (AvgIpc) is 3.15. The molecule has 1 aromatic heterocycles. The zero-order chi connectivity index (χ0) is 37.4. The van der Waals surface area contributed by atoms with Gasteiger partial charge in [-0.3, -0.25) is 24.6 Å². The molecule has 3 aliphatic rings. The second kappa shape index (κ2) is 14.8. The maximum atomic E-state index is 15.8. The number of nitrogens with one attached hydrogen (secondary N) is 2. The highest BCUT2D eigenvalue weighted by molar-refractivity contribution is 6.01. The first-order chi connectivity index (χ1) is 25.4. The van der Waals surface area contributed by atoms with Gasteiger partial charge < -0.3 is 19.5 Å². The number of likely N-dealkylation sites (tertiary alicyclic amines) is 1. The number of anilines is 2. The van der Waals surface area contributed by atoms with E-state index in [0.717, 1.165) is 55.8 Å². The molecule has 280 valence electrons. The van der Waals surface area contributed by atoms with Crippen molar-refractivity contribution in [1.82, 2.24) is 14.8 Å². The molecule has 7 rings (SSSR count). The molecule has 0 radical (unpaired) electrons. The van der Waals surface area contributed by atoms with Crippen molar-refractivity contribution >= 4 is 34.0 Å². The fourth-order valence-electron chi connectivity index (χ4n) is 8.33. The van der Waals surface area contributed by atoms with Gasteiger partial charge in [0, 0.05) is 67.2 Å². The number of carbonyl (C=O) groups is 2. The molecule has 0 bridgehead atoms. The van der Waals surface area contributed by atoms with Gasteiger partial charge in [0.1, 0.15) is 17.6 Å². The Morgan fingerprint density at radius 2 is 1.57 bits per heavy atom. The Morgan fingerprint density at radius 1 is 0.887 bits per heavy atom. The van der Waals surface area contributed by atoms with Gasteiger partial charge >= 0.3 is 6.18 Å². The van der Waals surface area contributed by atoms with Crippen LogP contribution in [-0.4, -0.2) is 60.6 Å². The SMILES string of the molecule is COc1cc(-c2cn(C)c(=O)c3ccccc23)cc(F)c1CN1CCC(C2CCN(c3ccc(NC4CCC(=O)NC4=O)cc3C(F)(F)F)CC2)CC1. The lowest BCUT2D eigenvalue weighted by Gasteiger charge is -2.41. The quantitative estimate of drug-likeness (QED) is 0.154. The van der Waals surface area contributed by atoms with Crippen molar-refractivity contribution in [1.29, 1.82) is 0 Å². The molecule has 0 aliphatic carbocycles. The lowest BCUT2D eigenvalue weighted by Crippen LogP contribution is -2.47. The van der Waals surface area contributed by atoms with E-state index in [1.165, 1.54) is 23.8 Å². The van der Waals surface area contributed by atoms with Crippen molar-refractivity contribution in [2.45, 2.75) is 57.3 Å². The number of alkyl halides is 3. The third-order valence-corrected chi connectivity index (χ3v) is 11.2. The fourth-order valence-corrected chi connectivity index (χ4v) is 8.33. The first-order valence-corrected chi connectivity index (χ1v) is 18.1. The highest BCUT2D eigenvalue weighted by Gasteiger charge is 2.38. The van der Waals surface area contributed by atoms with Crippen molar-refractivity contribution in [2.24, 2.45) is 18.9 Å². The molecule has 3 aliphatic heterocycles. The van der Waals surface area contributed by atoms with Crippen molar-refractivity contribution < 1.29 is 31.9 Å². The summed E-state index contributed by atoms with van der Waals surface area (Å²) in [5, 5.41) is 6.39. The predicted octanol–water partition coefficient (Wildman–Crippen LogP) is 6.72. The van der Waals surface area contributed by atoms with E-state index in [-0.39, 0.29) is 41.5 Å². The third-order valence-electron chi connectivity index (χ3n) is 11.2. The number of rotatable bonds is 8. The first kappa shape index (κ1) is 36.4. The maximum absolute atomic E-state index is 15.8. The van der Waals surface area contributed by atoms with Gasteiger partial charge in [-0.2, -0.15) is 13.2 Å². The van der Waals surface area contributed by atoms with E-state index in [2.05, 4.69) is 15.5 Å².